The molecule has 0 atom stereocenters. The molecule has 140 valence electrons. The van der Waals surface area contributed by atoms with Gasteiger partial charge in [0.05, 0.1) is 0 Å². The van der Waals surface area contributed by atoms with Crippen molar-refractivity contribution in [1.82, 2.24) is 0 Å². The SMILES string of the molecule is CCCc1ccc(CCc2ccc3c(F)c(-c4ccccc4)ccc3c2)cc1. The van der Waals surface area contributed by atoms with Crippen LogP contribution in [0, 0.1) is 5.82 Å². The van der Waals surface area contributed by atoms with Gasteiger partial charge in [-0.2, -0.15) is 0 Å². The van der Waals surface area contributed by atoms with Crippen LogP contribution in [0.2, 0.25) is 0 Å². The lowest BCUT2D eigenvalue weighted by Crippen LogP contribution is -1.93. The number of benzene rings is 4. The van der Waals surface area contributed by atoms with Gasteiger partial charge in [0.1, 0.15) is 5.82 Å². The molecule has 0 saturated heterocycles. The van der Waals surface area contributed by atoms with Crippen molar-refractivity contribution in [1.29, 1.82) is 0 Å². The van der Waals surface area contributed by atoms with Crippen LogP contribution in [0.3, 0.4) is 0 Å². The van der Waals surface area contributed by atoms with Crippen LogP contribution in [0.5, 0.6) is 0 Å². The average molecular weight is 368 g/mol. The van der Waals surface area contributed by atoms with E-state index in [9.17, 15) is 0 Å². The summed E-state index contributed by atoms with van der Waals surface area (Å²) in [5.41, 5.74) is 5.58. The Bertz CT molecular complexity index is 1060. The summed E-state index contributed by atoms with van der Waals surface area (Å²) in [6.45, 7) is 2.21. The summed E-state index contributed by atoms with van der Waals surface area (Å²) < 4.78 is 15.0. The number of fused-ring (bicyclic) bond motifs is 1. The van der Waals surface area contributed by atoms with Gasteiger partial charge >= 0.3 is 0 Å². The monoisotopic (exact) mass is 368 g/mol. The van der Waals surface area contributed by atoms with Crippen molar-refractivity contribution in [3.63, 3.8) is 0 Å². The standard InChI is InChI=1S/C27H25F/c1-2-6-20-9-11-21(12-10-20)13-14-22-15-17-26-24(19-22)16-18-25(27(26)28)23-7-4-3-5-8-23/h3-5,7-12,15-19H,2,6,13-14H2,1H3. The molecule has 0 heterocycles. The number of rotatable bonds is 6. The van der Waals surface area contributed by atoms with Gasteiger partial charge in [-0.15, -0.1) is 0 Å². The van der Waals surface area contributed by atoms with Crippen molar-refractivity contribution in [3.8, 4) is 11.1 Å². The van der Waals surface area contributed by atoms with Crippen LogP contribution in [-0.4, -0.2) is 0 Å². The van der Waals surface area contributed by atoms with Crippen LogP contribution >= 0.6 is 0 Å². The zero-order valence-corrected chi connectivity index (χ0v) is 16.3. The Morgan fingerprint density at radius 3 is 2.00 bits per heavy atom. The molecule has 0 amide bonds. The summed E-state index contributed by atoms with van der Waals surface area (Å²) in [6.07, 6.45) is 4.29. The third kappa shape index (κ3) is 3.99. The van der Waals surface area contributed by atoms with Crippen molar-refractivity contribution in [3.05, 3.63) is 107 Å². The molecule has 0 aliphatic heterocycles. The number of aryl methyl sites for hydroxylation is 3. The van der Waals surface area contributed by atoms with E-state index in [-0.39, 0.29) is 5.82 Å². The van der Waals surface area contributed by atoms with E-state index in [1.54, 1.807) is 0 Å². The maximum atomic E-state index is 15.0. The molecule has 0 radical (unpaired) electrons. The Labute approximate surface area is 166 Å². The maximum absolute atomic E-state index is 15.0. The average Bonchev–Trinajstić information content (AvgIpc) is 2.74. The first kappa shape index (κ1) is 18.4. The summed E-state index contributed by atoms with van der Waals surface area (Å²) in [5.74, 6) is -0.137. The van der Waals surface area contributed by atoms with Gasteiger partial charge in [0.15, 0.2) is 0 Å². The second kappa shape index (κ2) is 8.39. The van der Waals surface area contributed by atoms with Crippen LogP contribution in [0.15, 0.2) is 84.9 Å². The lowest BCUT2D eigenvalue weighted by atomic mass is 9.97. The minimum atomic E-state index is -0.137. The molecule has 0 saturated carbocycles. The highest BCUT2D eigenvalue weighted by molar-refractivity contribution is 5.88. The van der Waals surface area contributed by atoms with Crippen molar-refractivity contribution in [2.75, 3.05) is 0 Å². The highest BCUT2D eigenvalue weighted by Crippen LogP contribution is 2.29. The van der Waals surface area contributed by atoms with Gasteiger partial charge in [0.25, 0.3) is 0 Å². The summed E-state index contributed by atoms with van der Waals surface area (Å²) in [7, 11) is 0. The van der Waals surface area contributed by atoms with Crippen molar-refractivity contribution in [2.24, 2.45) is 0 Å². The van der Waals surface area contributed by atoms with E-state index in [4.69, 9.17) is 0 Å². The molecule has 0 unspecified atom stereocenters. The van der Waals surface area contributed by atoms with Gasteiger partial charge in [-0.25, -0.2) is 4.39 Å². The Morgan fingerprint density at radius 2 is 1.29 bits per heavy atom. The molecule has 0 bridgehead atoms. The van der Waals surface area contributed by atoms with Crippen molar-refractivity contribution in [2.45, 2.75) is 32.6 Å². The number of halogens is 1. The molecule has 0 aromatic heterocycles. The molecule has 0 N–H and O–H groups in total. The summed E-state index contributed by atoms with van der Waals surface area (Å²) in [5, 5.41) is 1.65. The van der Waals surface area contributed by atoms with E-state index in [2.05, 4.69) is 43.3 Å². The second-order valence-corrected chi connectivity index (χ2v) is 7.42. The van der Waals surface area contributed by atoms with E-state index < -0.39 is 0 Å². The van der Waals surface area contributed by atoms with Crippen molar-refractivity contribution < 1.29 is 4.39 Å². The van der Waals surface area contributed by atoms with Crippen LogP contribution in [0.1, 0.15) is 30.0 Å². The highest BCUT2D eigenvalue weighted by Gasteiger charge is 2.09. The van der Waals surface area contributed by atoms with E-state index in [1.165, 1.54) is 23.1 Å². The van der Waals surface area contributed by atoms with E-state index in [0.29, 0.717) is 10.9 Å². The first-order valence-electron chi connectivity index (χ1n) is 10.1. The van der Waals surface area contributed by atoms with Gasteiger partial charge in [-0.1, -0.05) is 98.3 Å². The molecule has 0 nitrogen and oxygen atoms in total. The van der Waals surface area contributed by atoms with Gasteiger partial charge < -0.3 is 0 Å². The van der Waals surface area contributed by atoms with Crippen LogP contribution < -0.4 is 0 Å². The molecule has 0 aliphatic rings. The summed E-state index contributed by atoms with van der Waals surface area (Å²) in [4.78, 5) is 0. The molecule has 0 spiro atoms. The van der Waals surface area contributed by atoms with E-state index in [1.807, 2.05) is 48.5 Å². The van der Waals surface area contributed by atoms with Gasteiger partial charge in [-0.05, 0) is 46.9 Å². The van der Waals surface area contributed by atoms with Crippen LogP contribution in [0.4, 0.5) is 4.39 Å². The van der Waals surface area contributed by atoms with Crippen molar-refractivity contribution >= 4 is 10.8 Å². The predicted molar refractivity (Wildman–Crippen MR) is 117 cm³/mol. The summed E-state index contributed by atoms with van der Waals surface area (Å²) in [6, 6.07) is 28.7. The van der Waals surface area contributed by atoms with Gasteiger partial charge in [-0.3, -0.25) is 0 Å². The van der Waals surface area contributed by atoms with Gasteiger partial charge in [0.2, 0.25) is 0 Å². The smallest absolute Gasteiger partial charge is 0.138 e. The minimum absolute atomic E-state index is 0.137. The lowest BCUT2D eigenvalue weighted by Gasteiger charge is -2.09. The second-order valence-electron chi connectivity index (χ2n) is 7.42. The lowest BCUT2D eigenvalue weighted by molar-refractivity contribution is 0.643. The molecule has 0 aliphatic carbocycles. The minimum Gasteiger partial charge on any atom is -0.206 e. The molecular formula is C27H25F. The van der Waals surface area contributed by atoms with E-state index in [0.717, 1.165) is 30.2 Å². The quantitative estimate of drug-likeness (QED) is 0.333. The Hall–Kier alpha value is -2.93. The fraction of sp³-hybridized carbons (Fsp3) is 0.185. The topological polar surface area (TPSA) is 0 Å². The Morgan fingerprint density at radius 1 is 0.643 bits per heavy atom. The van der Waals surface area contributed by atoms with E-state index >= 15 is 4.39 Å². The highest BCUT2D eigenvalue weighted by atomic mass is 19.1. The Kier molecular flexibility index (Phi) is 5.53. The predicted octanol–water partition coefficient (Wildman–Crippen LogP) is 7.38. The molecule has 1 heteroatoms. The molecule has 4 aromatic carbocycles. The maximum Gasteiger partial charge on any atom is 0.138 e. The Balaban J connectivity index is 1.53. The molecular weight excluding hydrogens is 343 g/mol. The zero-order valence-electron chi connectivity index (χ0n) is 16.3. The van der Waals surface area contributed by atoms with Crippen LogP contribution in [0.25, 0.3) is 21.9 Å². The molecule has 4 rings (SSSR count). The molecule has 0 fully saturated rings. The first-order chi connectivity index (χ1) is 13.7. The fourth-order valence-electron chi connectivity index (χ4n) is 3.79. The summed E-state index contributed by atoms with van der Waals surface area (Å²) >= 11 is 0. The molecule has 28 heavy (non-hydrogen) atoms. The number of hydrogen-bond acceptors (Lipinski definition) is 0. The fourth-order valence-corrected chi connectivity index (χ4v) is 3.79. The largest absolute Gasteiger partial charge is 0.206 e. The number of hydrogen-bond donors (Lipinski definition) is 0. The normalized spacial score (nSPS) is 11.1. The third-order valence-corrected chi connectivity index (χ3v) is 5.37. The first-order valence-corrected chi connectivity index (χ1v) is 10.1. The van der Waals surface area contributed by atoms with Gasteiger partial charge in [0, 0.05) is 10.9 Å². The zero-order chi connectivity index (χ0) is 19.3. The van der Waals surface area contributed by atoms with Crippen LogP contribution in [-0.2, 0) is 19.3 Å². The molecule has 4 aromatic rings. The third-order valence-electron chi connectivity index (χ3n) is 5.37.